The highest BCUT2D eigenvalue weighted by Crippen LogP contribution is 2.23. The van der Waals surface area contributed by atoms with Crippen LogP contribution in [0.4, 0.5) is 0 Å². The lowest BCUT2D eigenvalue weighted by molar-refractivity contribution is 0.0602. The van der Waals surface area contributed by atoms with Gasteiger partial charge < -0.3 is 9.30 Å². The Kier molecular flexibility index (Phi) is 4.23. The smallest absolute Gasteiger partial charge is 0.340 e. The normalized spacial score (nSPS) is 10.8. The van der Waals surface area contributed by atoms with Crippen LogP contribution < -0.4 is 0 Å². The lowest BCUT2D eigenvalue weighted by Gasteiger charge is -2.10. The van der Waals surface area contributed by atoms with E-state index in [-0.39, 0.29) is 5.97 Å². The molecule has 128 valence electrons. The molecule has 2 aromatic heterocycles. The second-order valence-corrected chi connectivity index (χ2v) is 6.12. The van der Waals surface area contributed by atoms with Gasteiger partial charge in [-0.05, 0) is 34.9 Å². The van der Waals surface area contributed by atoms with E-state index in [1.54, 1.807) is 12.3 Å². The lowest BCUT2D eigenvalue weighted by Crippen LogP contribution is -2.06. The Labute approximate surface area is 151 Å². The number of rotatable bonds is 4. The molecule has 0 bridgehead atoms. The highest BCUT2D eigenvalue weighted by Gasteiger charge is 2.13. The van der Waals surface area contributed by atoms with Crippen molar-refractivity contribution in [3.8, 4) is 11.1 Å². The van der Waals surface area contributed by atoms with Crippen LogP contribution in [0.5, 0.6) is 0 Å². The lowest BCUT2D eigenvalue weighted by atomic mass is 10.1. The number of carbonyl (C=O) groups excluding carboxylic acids is 1. The number of ether oxygens (including phenoxy) is 1. The molecule has 0 atom stereocenters. The van der Waals surface area contributed by atoms with Crippen molar-refractivity contribution in [1.29, 1.82) is 0 Å². The molecule has 0 saturated carbocycles. The molecule has 2 aromatic carbocycles. The van der Waals surface area contributed by atoms with Gasteiger partial charge in [-0.15, -0.1) is 0 Å². The molecule has 0 amide bonds. The molecule has 0 radical (unpaired) electrons. The number of fused-ring (bicyclic) bond motifs is 1. The summed E-state index contributed by atoms with van der Waals surface area (Å²) >= 11 is 0. The van der Waals surface area contributed by atoms with Crippen LogP contribution in [0.2, 0.25) is 0 Å². The molecule has 0 aliphatic heterocycles. The Morgan fingerprint density at radius 2 is 1.85 bits per heavy atom. The summed E-state index contributed by atoms with van der Waals surface area (Å²) in [5.41, 5.74) is 4.88. The Morgan fingerprint density at radius 3 is 2.58 bits per heavy atom. The van der Waals surface area contributed by atoms with Gasteiger partial charge in [-0.2, -0.15) is 0 Å². The number of methoxy groups -OCH3 is 1. The van der Waals surface area contributed by atoms with Crippen LogP contribution in [0.25, 0.3) is 22.0 Å². The number of benzene rings is 2. The fraction of sp³-hybridized carbons (Fsp3) is 0.0909. The number of hydrogen-bond acceptors (Lipinski definition) is 3. The summed E-state index contributed by atoms with van der Waals surface area (Å²) in [7, 11) is 1.41. The minimum absolute atomic E-state index is 0.317. The first-order chi connectivity index (χ1) is 12.8. The molecule has 0 N–H and O–H groups in total. The van der Waals surface area contributed by atoms with E-state index in [9.17, 15) is 4.79 Å². The first-order valence-corrected chi connectivity index (χ1v) is 8.42. The van der Waals surface area contributed by atoms with Gasteiger partial charge in [-0.1, -0.05) is 42.5 Å². The van der Waals surface area contributed by atoms with Crippen LogP contribution >= 0.6 is 0 Å². The molecule has 0 fully saturated rings. The third kappa shape index (κ3) is 2.97. The monoisotopic (exact) mass is 342 g/mol. The third-order valence-electron chi connectivity index (χ3n) is 4.50. The first kappa shape index (κ1) is 16.1. The molecule has 26 heavy (non-hydrogen) atoms. The number of pyridine rings is 1. The van der Waals surface area contributed by atoms with E-state index in [0.29, 0.717) is 12.1 Å². The molecule has 4 nitrogen and oxygen atoms in total. The van der Waals surface area contributed by atoms with Gasteiger partial charge in [0.25, 0.3) is 0 Å². The fourth-order valence-corrected chi connectivity index (χ4v) is 3.20. The first-order valence-electron chi connectivity index (χ1n) is 8.42. The van der Waals surface area contributed by atoms with Gasteiger partial charge in [0.15, 0.2) is 0 Å². The van der Waals surface area contributed by atoms with Crippen LogP contribution in [0.15, 0.2) is 79.3 Å². The molecule has 4 rings (SSSR count). The quantitative estimate of drug-likeness (QED) is 0.512. The number of nitrogens with zero attached hydrogens (tertiary/aromatic N) is 2. The number of esters is 1. The zero-order valence-electron chi connectivity index (χ0n) is 14.4. The summed E-state index contributed by atoms with van der Waals surface area (Å²) in [6, 6.07) is 20.1. The van der Waals surface area contributed by atoms with Gasteiger partial charge in [0, 0.05) is 30.5 Å². The van der Waals surface area contributed by atoms with Crippen molar-refractivity contribution in [3.05, 3.63) is 90.4 Å². The minimum atomic E-state index is -0.317. The molecule has 0 unspecified atom stereocenters. The van der Waals surface area contributed by atoms with Crippen molar-refractivity contribution in [2.75, 3.05) is 7.11 Å². The summed E-state index contributed by atoms with van der Waals surface area (Å²) < 4.78 is 7.01. The van der Waals surface area contributed by atoms with Crippen LogP contribution in [0.1, 0.15) is 15.9 Å². The number of hydrogen-bond donors (Lipinski definition) is 0. The third-order valence-corrected chi connectivity index (χ3v) is 4.50. The zero-order chi connectivity index (χ0) is 17.9. The summed E-state index contributed by atoms with van der Waals surface area (Å²) in [4.78, 5) is 16.3. The van der Waals surface area contributed by atoms with E-state index in [0.717, 1.165) is 27.6 Å². The highest BCUT2D eigenvalue weighted by atomic mass is 16.5. The van der Waals surface area contributed by atoms with Crippen molar-refractivity contribution in [3.63, 3.8) is 0 Å². The Bertz CT molecular complexity index is 1050. The van der Waals surface area contributed by atoms with Gasteiger partial charge in [0.05, 0.1) is 18.2 Å². The topological polar surface area (TPSA) is 44.1 Å². The van der Waals surface area contributed by atoms with Crippen molar-refractivity contribution in [2.45, 2.75) is 6.54 Å². The highest BCUT2D eigenvalue weighted by molar-refractivity contribution is 6.03. The molecule has 4 aromatic rings. The van der Waals surface area contributed by atoms with Crippen LogP contribution in [0, 0.1) is 0 Å². The summed E-state index contributed by atoms with van der Waals surface area (Å²) in [6.45, 7) is 0.685. The Hall–Kier alpha value is -3.40. The molecule has 4 heteroatoms. The fourth-order valence-electron chi connectivity index (χ4n) is 3.20. The van der Waals surface area contributed by atoms with Crippen molar-refractivity contribution < 1.29 is 9.53 Å². The summed E-state index contributed by atoms with van der Waals surface area (Å²) in [5.74, 6) is -0.317. The van der Waals surface area contributed by atoms with E-state index < -0.39 is 0 Å². The maximum absolute atomic E-state index is 12.1. The molecule has 0 saturated heterocycles. The standard InChI is InChI=1S/C22H18N2O2/c1-26-22(25)20-6-2-4-18-11-13-24(21(18)20)15-16-7-9-17(10-8-16)19-5-3-12-23-14-19/h2-14H,15H2,1H3. The second kappa shape index (κ2) is 6.84. The van der Waals surface area contributed by atoms with Gasteiger partial charge in [0.2, 0.25) is 0 Å². The van der Waals surface area contributed by atoms with Gasteiger partial charge in [0.1, 0.15) is 0 Å². The van der Waals surface area contributed by atoms with E-state index in [1.807, 2.05) is 42.7 Å². The van der Waals surface area contributed by atoms with Gasteiger partial charge in [-0.25, -0.2) is 4.79 Å². The molecule has 0 aliphatic carbocycles. The van der Waals surface area contributed by atoms with Gasteiger partial charge >= 0.3 is 5.97 Å². The van der Waals surface area contributed by atoms with Crippen LogP contribution in [-0.2, 0) is 11.3 Å². The molecular formula is C22H18N2O2. The van der Waals surface area contributed by atoms with E-state index in [2.05, 4.69) is 33.8 Å². The number of aromatic nitrogens is 2. The SMILES string of the molecule is COC(=O)c1cccc2ccn(Cc3ccc(-c4cccnc4)cc3)c12. The maximum atomic E-state index is 12.1. The van der Waals surface area contributed by atoms with E-state index >= 15 is 0 Å². The number of carbonyl (C=O) groups is 1. The zero-order valence-corrected chi connectivity index (χ0v) is 14.4. The van der Waals surface area contributed by atoms with Crippen molar-refractivity contribution in [2.24, 2.45) is 0 Å². The largest absolute Gasteiger partial charge is 0.465 e. The number of para-hydroxylation sites is 1. The summed E-state index contributed by atoms with van der Waals surface area (Å²) in [6.07, 6.45) is 5.64. The average Bonchev–Trinajstić information content (AvgIpc) is 3.11. The van der Waals surface area contributed by atoms with E-state index in [1.165, 1.54) is 7.11 Å². The van der Waals surface area contributed by atoms with Crippen molar-refractivity contribution >= 4 is 16.9 Å². The Morgan fingerprint density at radius 1 is 1.00 bits per heavy atom. The Balaban J connectivity index is 1.66. The van der Waals surface area contributed by atoms with E-state index in [4.69, 9.17) is 4.74 Å². The predicted octanol–water partition coefficient (Wildman–Crippen LogP) is 4.54. The van der Waals surface area contributed by atoms with Crippen molar-refractivity contribution in [1.82, 2.24) is 9.55 Å². The average molecular weight is 342 g/mol. The second-order valence-electron chi connectivity index (χ2n) is 6.12. The predicted molar refractivity (Wildman–Crippen MR) is 102 cm³/mol. The maximum Gasteiger partial charge on any atom is 0.340 e. The van der Waals surface area contributed by atoms with Crippen LogP contribution in [-0.4, -0.2) is 22.6 Å². The van der Waals surface area contributed by atoms with Crippen LogP contribution in [0.3, 0.4) is 0 Å². The van der Waals surface area contributed by atoms with Gasteiger partial charge in [-0.3, -0.25) is 4.98 Å². The summed E-state index contributed by atoms with van der Waals surface area (Å²) in [5, 5.41) is 1.03. The molecule has 0 aliphatic rings. The molecular weight excluding hydrogens is 324 g/mol. The minimum Gasteiger partial charge on any atom is -0.465 e. The molecule has 0 spiro atoms. The molecule has 2 heterocycles.